The Bertz CT molecular complexity index is 559. The summed E-state index contributed by atoms with van der Waals surface area (Å²) in [4.78, 5) is 0. The molecule has 3 rings (SSSR count). The maximum atomic E-state index is 8.03. The van der Waals surface area contributed by atoms with E-state index in [0.717, 1.165) is 44.5 Å². The quantitative estimate of drug-likeness (QED) is 0.808. The van der Waals surface area contributed by atoms with E-state index >= 15 is 0 Å². The minimum atomic E-state index is 0.232. The van der Waals surface area contributed by atoms with Gasteiger partial charge in [0.2, 0.25) is 0 Å². The summed E-state index contributed by atoms with van der Waals surface area (Å²) in [6, 6.07) is 6.51. The predicted molar refractivity (Wildman–Crippen MR) is 93.7 cm³/mol. The number of fused-ring (bicyclic) bond motifs is 1. The van der Waals surface area contributed by atoms with Gasteiger partial charge < -0.3 is 14.9 Å². The third-order valence-corrected chi connectivity index (χ3v) is 5.67. The summed E-state index contributed by atoms with van der Waals surface area (Å²) in [5.41, 5.74) is 2.96. The van der Waals surface area contributed by atoms with Crippen LogP contribution in [0, 0.1) is 16.7 Å². The Kier molecular flexibility index (Phi) is 4.77. The highest BCUT2D eigenvalue weighted by atomic mass is 16.5. The van der Waals surface area contributed by atoms with Gasteiger partial charge in [-0.25, -0.2) is 0 Å². The molecule has 3 nitrogen and oxygen atoms in total. The third kappa shape index (κ3) is 3.16. The van der Waals surface area contributed by atoms with Crippen LogP contribution in [0.25, 0.3) is 0 Å². The molecule has 0 aliphatic heterocycles. The van der Waals surface area contributed by atoms with Crippen LogP contribution in [0.5, 0.6) is 5.75 Å². The number of ether oxygens (including phenoxy) is 2. The molecule has 0 bridgehead atoms. The molecule has 0 saturated heterocycles. The van der Waals surface area contributed by atoms with Crippen molar-refractivity contribution in [2.24, 2.45) is 11.3 Å². The molecule has 2 aliphatic carbocycles. The van der Waals surface area contributed by atoms with Crippen LogP contribution in [0.2, 0.25) is 0 Å². The number of hydrogen-bond acceptors (Lipinski definition) is 3. The van der Waals surface area contributed by atoms with Crippen LogP contribution in [0.3, 0.4) is 0 Å². The largest absolute Gasteiger partial charge is 0.493 e. The van der Waals surface area contributed by atoms with Gasteiger partial charge in [-0.2, -0.15) is 0 Å². The molecule has 1 atom stereocenters. The Hall–Kier alpha value is -1.35. The second-order valence-corrected chi connectivity index (χ2v) is 7.68. The first-order chi connectivity index (χ1) is 11.1. The van der Waals surface area contributed by atoms with Crippen molar-refractivity contribution in [2.75, 3.05) is 13.7 Å². The number of methoxy groups -OCH3 is 1. The minimum Gasteiger partial charge on any atom is -0.493 e. The van der Waals surface area contributed by atoms with Gasteiger partial charge in [0, 0.05) is 19.2 Å². The molecule has 0 amide bonds. The molecular formula is C20H29NO2. The molecule has 126 valence electrons. The Morgan fingerprint density at radius 3 is 2.65 bits per heavy atom. The first-order valence-corrected chi connectivity index (χ1v) is 8.87. The summed E-state index contributed by atoms with van der Waals surface area (Å²) >= 11 is 0. The second-order valence-electron chi connectivity index (χ2n) is 7.68. The maximum Gasteiger partial charge on any atom is 0.119 e. The Morgan fingerprint density at radius 1 is 1.30 bits per heavy atom. The van der Waals surface area contributed by atoms with Crippen molar-refractivity contribution in [2.45, 2.75) is 58.0 Å². The Morgan fingerprint density at radius 2 is 2.04 bits per heavy atom. The molecule has 0 radical (unpaired) electrons. The normalized spacial score (nSPS) is 29.7. The van der Waals surface area contributed by atoms with Crippen molar-refractivity contribution in [3.8, 4) is 5.75 Å². The highest BCUT2D eigenvalue weighted by Gasteiger charge is 2.47. The standard InChI is InChI=1S/C20H29NO2/c1-14(2)13-23-17-5-4-15-11-20(19(12-21)18(15)10-17)8-6-16(22-3)7-9-20/h4-5,10,12,14,16,19,21H,6-9,11,13H2,1-3H3. The van der Waals surface area contributed by atoms with E-state index in [1.807, 2.05) is 7.11 Å². The lowest BCUT2D eigenvalue weighted by Gasteiger charge is -2.40. The monoisotopic (exact) mass is 315 g/mol. The van der Waals surface area contributed by atoms with Gasteiger partial charge in [-0.05, 0) is 66.7 Å². The first kappa shape index (κ1) is 16.5. The Balaban J connectivity index is 1.81. The molecular weight excluding hydrogens is 286 g/mol. The van der Waals surface area contributed by atoms with Crippen LogP contribution < -0.4 is 4.74 Å². The van der Waals surface area contributed by atoms with Gasteiger partial charge in [0.05, 0.1) is 12.7 Å². The van der Waals surface area contributed by atoms with E-state index in [1.165, 1.54) is 11.1 Å². The van der Waals surface area contributed by atoms with Crippen LogP contribution in [0.1, 0.15) is 56.6 Å². The summed E-state index contributed by atoms with van der Waals surface area (Å²) in [6.45, 7) is 5.07. The molecule has 1 saturated carbocycles. The zero-order valence-corrected chi connectivity index (χ0v) is 14.6. The van der Waals surface area contributed by atoms with Crippen molar-refractivity contribution in [1.29, 1.82) is 5.41 Å². The predicted octanol–water partition coefficient (Wildman–Crippen LogP) is 4.59. The molecule has 2 aliphatic rings. The van der Waals surface area contributed by atoms with E-state index in [4.69, 9.17) is 14.9 Å². The second kappa shape index (κ2) is 6.64. The van der Waals surface area contributed by atoms with Gasteiger partial charge >= 0.3 is 0 Å². The van der Waals surface area contributed by atoms with Crippen LogP contribution in [-0.4, -0.2) is 26.0 Å². The number of rotatable bonds is 5. The summed E-state index contributed by atoms with van der Waals surface area (Å²) in [7, 11) is 1.82. The van der Waals surface area contributed by atoms with Gasteiger partial charge in [-0.3, -0.25) is 0 Å². The van der Waals surface area contributed by atoms with Crippen LogP contribution in [0.15, 0.2) is 18.2 Å². The summed E-state index contributed by atoms with van der Waals surface area (Å²) < 4.78 is 11.4. The highest BCUT2D eigenvalue weighted by Crippen LogP contribution is 2.55. The molecule has 1 aromatic rings. The average Bonchev–Trinajstić information content (AvgIpc) is 2.85. The summed E-state index contributed by atoms with van der Waals surface area (Å²) in [5.74, 6) is 1.71. The van der Waals surface area contributed by atoms with Crippen molar-refractivity contribution in [3.63, 3.8) is 0 Å². The van der Waals surface area contributed by atoms with E-state index in [1.54, 1.807) is 6.21 Å². The van der Waals surface area contributed by atoms with E-state index in [9.17, 15) is 0 Å². The van der Waals surface area contributed by atoms with Crippen molar-refractivity contribution >= 4 is 6.21 Å². The average molecular weight is 315 g/mol. The number of nitrogens with one attached hydrogen (secondary N) is 1. The van der Waals surface area contributed by atoms with Crippen LogP contribution in [0.4, 0.5) is 0 Å². The molecule has 1 N–H and O–H groups in total. The van der Waals surface area contributed by atoms with Gasteiger partial charge in [-0.15, -0.1) is 0 Å². The van der Waals surface area contributed by atoms with Crippen LogP contribution >= 0.6 is 0 Å². The van der Waals surface area contributed by atoms with E-state index in [-0.39, 0.29) is 11.3 Å². The van der Waals surface area contributed by atoms with Gasteiger partial charge in [0.15, 0.2) is 0 Å². The van der Waals surface area contributed by atoms with E-state index < -0.39 is 0 Å². The molecule has 3 heteroatoms. The lowest BCUT2D eigenvalue weighted by molar-refractivity contribution is 0.0272. The molecule has 23 heavy (non-hydrogen) atoms. The minimum absolute atomic E-state index is 0.232. The highest BCUT2D eigenvalue weighted by molar-refractivity contribution is 5.70. The lowest BCUT2D eigenvalue weighted by atomic mass is 9.66. The zero-order valence-electron chi connectivity index (χ0n) is 14.6. The number of hydrogen-bond donors (Lipinski definition) is 1. The summed E-state index contributed by atoms with van der Waals surface area (Å²) in [5, 5.41) is 8.03. The smallest absolute Gasteiger partial charge is 0.119 e. The van der Waals surface area contributed by atoms with E-state index in [0.29, 0.717) is 12.0 Å². The lowest BCUT2D eigenvalue weighted by Crippen LogP contribution is -2.34. The fourth-order valence-corrected chi connectivity index (χ4v) is 4.35. The molecule has 0 heterocycles. The van der Waals surface area contributed by atoms with Gasteiger partial charge in [0.25, 0.3) is 0 Å². The third-order valence-electron chi connectivity index (χ3n) is 5.67. The van der Waals surface area contributed by atoms with Crippen LogP contribution in [-0.2, 0) is 11.2 Å². The molecule has 1 spiro atoms. The zero-order chi connectivity index (χ0) is 16.4. The van der Waals surface area contributed by atoms with Crippen molar-refractivity contribution in [3.05, 3.63) is 29.3 Å². The molecule has 0 aromatic heterocycles. The Labute approximate surface area is 139 Å². The van der Waals surface area contributed by atoms with Crippen molar-refractivity contribution < 1.29 is 9.47 Å². The molecule has 1 aromatic carbocycles. The van der Waals surface area contributed by atoms with Crippen molar-refractivity contribution in [1.82, 2.24) is 0 Å². The first-order valence-electron chi connectivity index (χ1n) is 8.87. The van der Waals surface area contributed by atoms with E-state index in [2.05, 4.69) is 32.0 Å². The molecule has 1 unspecified atom stereocenters. The number of benzene rings is 1. The van der Waals surface area contributed by atoms with Gasteiger partial charge in [-0.1, -0.05) is 19.9 Å². The van der Waals surface area contributed by atoms with Gasteiger partial charge in [0.1, 0.15) is 5.75 Å². The SMILES string of the molecule is COC1CCC2(CC1)Cc1ccc(OCC(C)C)cc1C2C=N. The summed E-state index contributed by atoms with van der Waals surface area (Å²) in [6.07, 6.45) is 7.72. The topological polar surface area (TPSA) is 42.3 Å². The fraction of sp³-hybridized carbons (Fsp3) is 0.650. The maximum absolute atomic E-state index is 8.03. The fourth-order valence-electron chi connectivity index (χ4n) is 4.35. The molecule has 1 fully saturated rings.